The molecule has 3 rings (SSSR count). The molecule has 0 N–H and O–H groups in total. The van der Waals surface area contributed by atoms with E-state index >= 15 is 0 Å². The van der Waals surface area contributed by atoms with E-state index in [1.54, 1.807) is 43.3 Å². The van der Waals surface area contributed by atoms with Crippen LogP contribution in [0.3, 0.4) is 0 Å². The molecule has 0 radical (unpaired) electrons. The van der Waals surface area contributed by atoms with Crippen molar-refractivity contribution >= 4 is 52.4 Å². The van der Waals surface area contributed by atoms with Crippen molar-refractivity contribution in [3.05, 3.63) is 62.1 Å². The van der Waals surface area contributed by atoms with Gasteiger partial charge in [0.15, 0.2) is 5.76 Å². The molecule has 3 aromatic rings. The van der Waals surface area contributed by atoms with Gasteiger partial charge in [-0.15, -0.1) is 0 Å². The number of rotatable bonds is 4. The molecule has 0 saturated carbocycles. The van der Waals surface area contributed by atoms with Crippen LogP contribution in [0.2, 0.25) is 20.1 Å². The number of nitrogens with zero attached hydrogens (tertiary/aromatic N) is 1. The maximum Gasteiger partial charge on any atom is 0.344 e. The Balaban J connectivity index is 2.28. The molecule has 0 amide bonds. The minimum Gasteiger partial charge on any atom is -0.462 e. The third-order valence-electron chi connectivity index (χ3n) is 3.57. The van der Waals surface area contributed by atoms with E-state index in [9.17, 15) is 4.79 Å². The molecule has 0 spiro atoms. The largest absolute Gasteiger partial charge is 0.462 e. The van der Waals surface area contributed by atoms with Crippen molar-refractivity contribution in [2.45, 2.75) is 6.92 Å². The molecule has 26 heavy (non-hydrogen) atoms. The van der Waals surface area contributed by atoms with Gasteiger partial charge < -0.3 is 9.26 Å². The summed E-state index contributed by atoms with van der Waals surface area (Å²) in [5, 5.41) is 5.14. The number of hydrogen-bond donors (Lipinski definition) is 0. The first-order valence-corrected chi connectivity index (χ1v) is 9.02. The third kappa shape index (κ3) is 3.42. The summed E-state index contributed by atoms with van der Waals surface area (Å²) < 4.78 is 10.6. The molecule has 0 unspecified atom stereocenters. The number of carbonyl (C=O) groups excluding carboxylic acids is 1. The summed E-state index contributed by atoms with van der Waals surface area (Å²) in [5.41, 5.74) is 1.16. The number of ether oxygens (including phenoxy) is 1. The van der Waals surface area contributed by atoms with Crippen LogP contribution in [0.5, 0.6) is 0 Å². The van der Waals surface area contributed by atoms with Gasteiger partial charge in [0.25, 0.3) is 0 Å². The molecule has 4 nitrogen and oxygen atoms in total. The molecular weight excluding hydrogens is 420 g/mol. The summed E-state index contributed by atoms with van der Waals surface area (Å²) in [6, 6.07) is 9.99. The van der Waals surface area contributed by atoms with E-state index in [4.69, 9.17) is 55.7 Å². The van der Waals surface area contributed by atoms with E-state index in [0.717, 1.165) is 0 Å². The van der Waals surface area contributed by atoms with Crippen LogP contribution in [0, 0.1) is 0 Å². The van der Waals surface area contributed by atoms with Gasteiger partial charge in [0.05, 0.1) is 26.7 Å². The zero-order valence-electron chi connectivity index (χ0n) is 13.4. The Labute approximate surface area is 169 Å². The molecule has 0 fully saturated rings. The second-order valence-corrected chi connectivity index (χ2v) is 6.73. The molecule has 0 atom stereocenters. The fourth-order valence-electron chi connectivity index (χ4n) is 2.42. The quantitative estimate of drug-likeness (QED) is 0.427. The number of aromatic nitrogens is 1. The molecule has 0 aliphatic heterocycles. The summed E-state index contributed by atoms with van der Waals surface area (Å²) in [6.07, 6.45) is 0. The average Bonchev–Trinajstić information content (AvgIpc) is 3.04. The van der Waals surface area contributed by atoms with Crippen LogP contribution in [0.4, 0.5) is 0 Å². The maximum atomic E-state index is 12.6. The van der Waals surface area contributed by atoms with Crippen LogP contribution < -0.4 is 0 Å². The SMILES string of the molecule is CCOC(=O)c1c(-c2cccc(Cl)c2Cl)noc1-c1cccc(Cl)c1Cl. The first-order valence-electron chi connectivity index (χ1n) is 7.51. The van der Waals surface area contributed by atoms with Gasteiger partial charge in [-0.25, -0.2) is 4.79 Å². The Morgan fingerprint density at radius 1 is 1.00 bits per heavy atom. The van der Waals surface area contributed by atoms with Crippen LogP contribution in [-0.2, 0) is 4.74 Å². The molecule has 1 heterocycles. The Morgan fingerprint density at radius 2 is 1.58 bits per heavy atom. The van der Waals surface area contributed by atoms with E-state index in [1.165, 1.54) is 0 Å². The third-order valence-corrected chi connectivity index (χ3v) is 5.21. The highest BCUT2D eigenvalue weighted by Gasteiger charge is 2.29. The Kier molecular flexibility index (Phi) is 5.78. The fourth-order valence-corrected chi connectivity index (χ4v) is 3.19. The molecule has 134 valence electrons. The van der Waals surface area contributed by atoms with E-state index in [0.29, 0.717) is 21.2 Å². The van der Waals surface area contributed by atoms with Crippen LogP contribution >= 0.6 is 46.4 Å². The average molecular weight is 431 g/mol. The van der Waals surface area contributed by atoms with Gasteiger partial charge in [0, 0.05) is 11.1 Å². The smallest absolute Gasteiger partial charge is 0.344 e. The van der Waals surface area contributed by atoms with Gasteiger partial charge in [-0.2, -0.15) is 0 Å². The molecule has 0 aliphatic rings. The van der Waals surface area contributed by atoms with Crippen molar-refractivity contribution in [2.75, 3.05) is 6.61 Å². The van der Waals surface area contributed by atoms with Crippen LogP contribution in [0.25, 0.3) is 22.6 Å². The lowest BCUT2D eigenvalue weighted by atomic mass is 10.0. The summed E-state index contributed by atoms with van der Waals surface area (Å²) in [6.45, 7) is 1.87. The number of hydrogen-bond acceptors (Lipinski definition) is 4. The zero-order valence-corrected chi connectivity index (χ0v) is 16.4. The van der Waals surface area contributed by atoms with Crippen molar-refractivity contribution in [1.29, 1.82) is 0 Å². The molecule has 0 bridgehead atoms. The van der Waals surface area contributed by atoms with E-state index in [-0.39, 0.29) is 33.7 Å². The number of benzene rings is 2. The van der Waals surface area contributed by atoms with Gasteiger partial charge in [0.2, 0.25) is 0 Å². The first kappa shape index (κ1) is 19.1. The lowest BCUT2D eigenvalue weighted by molar-refractivity contribution is 0.0527. The summed E-state index contributed by atoms with van der Waals surface area (Å²) >= 11 is 24.7. The van der Waals surface area contributed by atoms with E-state index < -0.39 is 5.97 Å². The van der Waals surface area contributed by atoms with Crippen molar-refractivity contribution in [3.8, 4) is 22.6 Å². The number of halogens is 4. The summed E-state index contributed by atoms with van der Waals surface area (Å²) in [4.78, 5) is 12.6. The lowest BCUT2D eigenvalue weighted by Gasteiger charge is -2.07. The number of carbonyl (C=O) groups is 1. The van der Waals surface area contributed by atoms with Crippen molar-refractivity contribution < 1.29 is 14.1 Å². The highest BCUT2D eigenvalue weighted by atomic mass is 35.5. The standard InChI is InChI=1S/C18H11Cl4NO3/c1-2-25-18(24)13-16(9-5-3-7-11(19)14(9)21)23-26-17(13)10-6-4-8-12(20)15(10)22/h3-8H,2H2,1H3. The predicted octanol–water partition coefficient (Wildman–Crippen LogP) is 6.80. The Bertz CT molecular complexity index is 916. The van der Waals surface area contributed by atoms with Gasteiger partial charge in [-0.1, -0.05) is 69.8 Å². The maximum absolute atomic E-state index is 12.6. The van der Waals surface area contributed by atoms with Crippen molar-refractivity contribution in [2.24, 2.45) is 0 Å². The van der Waals surface area contributed by atoms with E-state index in [2.05, 4.69) is 5.16 Å². The summed E-state index contributed by atoms with van der Waals surface area (Å²) in [5.74, 6) is -0.479. The lowest BCUT2D eigenvalue weighted by Crippen LogP contribution is -2.07. The van der Waals surface area contributed by atoms with E-state index in [1.807, 2.05) is 0 Å². The predicted molar refractivity (Wildman–Crippen MR) is 103 cm³/mol. The summed E-state index contributed by atoms with van der Waals surface area (Å²) in [7, 11) is 0. The molecule has 1 aromatic heterocycles. The van der Waals surface area contributed by atoms with Crippen molar-refractivity contribution in [1.82, 2.24) is 5.16 Å². The zero-order chi connectivity index (χ0) is 18.8. The molecular formula is C18H11Cl4NO3. The Hall–Kier alpha value is -1.72. The van der Waals surface area contributed by atoms with Gasteiger partial charge in [-0.3, -0.25) is 0 Å². The molecule has 2 aromatic carbocycles. The van der Waals surface area contributed by atoms with Crippen molar-refractivity contribution in [3.63, 3.8) is 0 Å². The number of esters is 1. The first-order chi connectivity index (χ1) is 12.5. The second kappa shape index (κ2) is 7.89. The minimum atomic E-state index is -0.620. The highest BCUT2D eigenvalue weighted by Crippen LogP contribution is 2.41. The Morgan fingerprint density at radius 3 is 2.19 bits per heavy atom. The fraction of sp³-hybridized carbons (Fsp3) is 0.111. The monoisotopic (exact) mass is 429 g/mol. The normalized spacial score (nSPS) is 10.8. The van der Waals surface area contributed by atoms with Gasteiger partial charge >= 0.3 is 5.97 Å². The molecule has 8 heteroatoms. The molecule has 0 aliphatic carbocycles. The van der Waals surface area contributed by atoms with Gasteiger partial charge in [-0.05, 0) is 25.1 Å². The van der Waals surface area contributed by atoms with Gasteiger partial charge in [0.1, 0.15) is 11.3 Å². The second-order valence-electron chi connectivity index (χ2n) is 5.16. The highest BCUT2D eigenvalue weighted by molar-refractivity contribution is 6.44. The van der Waals surface area contributed by atoms with Crippen LogP contribution in [0.15, 0.2) is 40.9 Å². The van der Waals surface area contributed by atoms with Crippen LogP contribution in [0.1, 0.15) is 17.3 Å². The topological polar surface area (TPSA) is 52.3 Å². The van der Waals surface area contributed by atoms with Crippen LogP contribution in [-0.4, -0.2) is 17.7 Å². The molecule has 0 saturated heterocycles. The minimum absolute atomic E-state index is 0.0974.